The maximum absolute atomic E-state index is 13.2. The van der Waals surface area contributed by atoms with Crippen LogP contribution in [0.3, 0.4) is 0 Å². The fourth-order valence-corrected chi connectivity index (χ4v) is 5.70. The Labute approximate surface area is 165 Å². The van der Waals surface area contributed by atoms with Gasteiger partial charge in [0, 0.05) is 23.0 Å². The van der Waals surface area contributed by atoms with Gasteiger partial charge in [-0.15, -0.1) is 0 Å². The molecule has 2 aromatic carbocycles. The second-order valence-electron chi connectivity index (χ2n) is 8.50. The van der Waals surface area contributed by atoms with Crippen LogP contribution in [0, 0.1) is 5.92 Å². The molecule has 4 aliphatic rings. The Kier molecular flexibility index (Phi) is 3.32. The first-order chi connectivity index (χ1) is 13.7. The number of carbonyl (C=O) groups is 1. The van der Waals surface area contributed by atoms with Crippen LogP contribution in [0.5, 0.6) is 0 Å². The van der Waals surface area contributed by atoms with Gasteiger partial charge in [-0.1, -0.05) is 65.8 Å². The van der Waals surface area contributed by atoms with E-state index in [0.717, 1.165) is 30.4 Å². The molecule has 0 fully saturated rings. The Balaban J connectivity index is 1.53. The SMILES string of the molecule is CC1=CC=CC2=CC=C3Cc4cc5cc(c4C3C12)CCc1ccccc1C5=O. The van der Waals surface area contributed by atoms with E-state index in [9.17, 15) is 4.79 Å². The molecule has 0 N–H and O–H groups in total. The van der Waals surface area contributed by atoms with E-state index in [-0.39, 0.29) is 5.78 Å². The predicted molar refractivity (Wildman–Crippen MR) is 113 cm³/mol. The third kappa shape index (κ3) is 2.16. The highest BCUT2D eigenvalue weighted by Crippen LogP contribution is 2.52. The molecule has 2 atom stereocenters. The lowest BCUT2D eigenvalue weighted by Gasteiger charge is -2.33. The van der Waals surface area contributed by atoms with Crippen molar-refractivity contribution in [2.75, 3.05) is 0 Å². The van der Waals surface area contributed by atoms with Gasteiger partial charge in [0.25, 0.3) is 0 Å². The van der Waals surface area contributed by atoms with Crippen LogP contribution in [0.25, 0.3) is 0 Å². The lowest BCUT2D eigenvalue weighted by molar-refractivity contribution is 0.103. The van der Waals surface area contributed by atoms with Gasteiger partial charge in [-0.05, 0) is 66.1 Å². The van der Waals surface area contributed by atoms with Crippen LogP contribution >= 0.6 is 0 Å². The molecule has 2 bridgehead atoms. The number of hydrogen-bond acceptors (Lipinski definition) is 1. The predicted octanol–water partition coefficient (Wildman–Crippen LogP) is 5.65. The Morgan fingerprint density at radius 3 is 2.64 bits per heavy atom. The monoisotopic (exact) mass is 362 g/mol. The summed E-state index contributed by atoms with van der Waals surface area (Å²) in [6.07, 6.45) is 14.3. The lowest BCUT2D eigenvalue weighted by Crippen LogP contribution is -2.21. The number of carbonyl (C=O) groups excluding carboxylic acids is 1. The number of rotatable bonds is 0. The molecule has 2 unspecified atom stereocenters. The van der Waals surface area contributed by atoms with Crippen LogP contribution < -0.4 is 0 Å². The van der Waals surface area contributed by atoms with Crippen molar-refractivity contribution < 1.29 is 4.79 Å². The Bertz CT molecular complexity index is 1170. The summed E-state index contributed by atoms with van der Waals surface area (Å²) in [6.45, 7) is 2.26. The average molecular weight is 362 g/mol. The minimum atomic E-state index is 0.179. The summed E-state index contributed by atoms with van der Waals surface area (Å²) < 4.78 is 0. The second-order valence-corrected chi connectivity index (χ2v) is 8.50. The van der Waals surface area contributed by atoms with Crippen molar-refractivity contribution in [3.05, 3.63) is 117 Å². The first-order valence-corrected chi connectivity index (χ1v) is 10.2. The van der Waals surface area contributed by atoms with Gasteiger partial charge in [-0.25, -0.2) is 0 Å². The zero-order valence-electron chi connectivity index (χ0n) is 16.0. The van der Waals surface area contributed by atoms with Gasteiger partial charge in [0.05, 0.1) is 0 Å². The molecule has 2 aromatic rings. The first-order valence-electron chi connectivity index (χ1n) is 10.2. The summed E-state index contributed by atoms with van der Waals surface area (Å²) in [5, 5.41) is 0. The minimum absolute atomic E-state index is 0.179. The second kappa shape index (κ2) is 5.78. The molecule has 0 spiro atoms. The Hall–Kier alpha value is -2.93. The van der Waals surface area contributed by atoms with Crippen LogP contribution in [0.4, 0.5) is 0 Å². The summed E-state index contributed by atoms with van der Waals surface area (Å²) in [7, 11) is 0. The maximum Gasteiger partial charge on any atom is 0.193 e. The molecule has 0 heterocycles. The zero-order chi connectivity index (χ0) is 18.8. The van der Waals surface area contributed by atoms with E-state index >= 15 is 0 Å². The lowest BCUT2D eigenvalue weighted by atomic mass is 9.70. The smallest absolute Gasteiger partial charge is 0.193 e. The van der Waals surface area contributed by atoms with Gasteiger partial charge in [0.15, 0.2) is 5.78 Å². The largest absolute Gasteiger partial charge is 0.289 e. The molecule has 28 heavy (non-hydrogen) atoms. The molecule has 4 aliphatic carbocycles. The molecular weight excluding hydrogens is 340 g/mol. The van der Waals surface area contributed by atoms with Crippen molar-refractivity contribution in [2.45, 2.75) is 32.1 Å². The van der Waals surface area contributed by atoms with E-state index in [1.165, 1.54) is 39.0 Å². The van der Waals surface area contributed by atoms with Crippen LogP contribution in [-0.2, 0) is 19.3 Å². The van der Waals surface area contributed by atoms with Crippen molar-refractivity contribution in [1.82, 2.24) is 0 Å². The fourth-order valence-electron chi connectivity index (χ4n) is 5.70. The maximum atomic E-state index is 13.2. The highest BCUT2D eigenvalue weighted by Gasteiger charge is 2.40. The number of allylic oxidation sites excluding steroid dienone is 8. The van der Waals surface area contributed by atoms with Crippen molar-refractivity contribution >= 4 is 5.78 Å². The van der Waals surface area contributed by atoms with E-state index in [2.05, 4.69) is 55.5 Å². The van der Waals surface area contributed by atoms with E-state index in [1.807, 2.05) is 18.2 Å². The van der Waals surface area contributed by atoms with Crippen LogP contribution in [0.1, 0.15) is 51.0 Å². The number of aryl methyl sites for hydroxylation is 2. The molecule has 1 heteroatoms. The van der Waals surface area contributed by atoms with Crippen molar-refractivity contribution in [1.29, 1.82) is 0 Å². The van der Waals surface area contributed by atoms with Crippen LogP contribution in [-0.4, -0.2) is 5.78 Å². The average Bonchev–Trinajstić information content (AvgIpc) is 3.10. The van der Waals surface area contributed by atoms with Crippen molar-refractivity contribution in [3.8, 4) is 0 Å². The molecule has 1 nitrogen and oxygen atoms in total. The highest BCUT2D eigenvalue weighted by molar-refractivity contribution is 6.10. The normalized spacial score (nSPS) is 24.0. The summed E-state index contributed by atoms with van der Waals surface area (Å²) >= 11 is 0. The molecule has 0 aromatic heterocycles. The Morgan fingerprint density at radius 2 is 1.71 bits per heavy atom. The zero-order valence-corrected chi connectivity index (χ0v) is 16.0. The minimum Gasteiger partial charge on any atom is -0.289 e. The molecule has 0 saturated heterocycles. The van der Waals surface area contributed by atoms with Gasteiger partial charge in [-0.3, -0.25) is 4.79 Å². The van der Waals surface area contributed by atoms with E-state index in [0.29, 0.717) is 11.8 Å². The van der Waals surface area contributed by atoms with Gasteiger partial charge < -0.3 is 0 Å². The number of hydrogen-bond donors (Lipinski definition) is 0. The quantitative estimate of drug-likeness (QED) is 0.591. The Morgan fingerprint density at radius 1 is 0.893 bits per heavy atom. The fraction of sp³-hybridized carbons (Fsp3) is 0.222. The molecule has 0 saturated carbocycles. The molecular formula is C27H22O. The van der Waals surface area contributed by atoms with E-state index < -0.39 is 0 Å². The van der Waals surface area contributed by atoms with Gasteiger partial charge in [-0.2, -0.15) is 0 Å². The molecule has 0 aliphatic heterocycles. The molecule has 0 radical (unpaired) electrons. The summed E-state index contributed by atoms with van der Waals surface area (Å²) in [6, 6.07) is 12.5. The van der Waals surface area contributed by atoms with Gasteiger partial charge in [0.2, 0.25) is 0 Å². The third-order valence-corrected chi connectivity index (χ3v) is 6.96. The molecule has 6 rings (SSSR count). The number of benzene rings is 2. The molecule has 0 amide bonds. The van der Waals surface area contributed by atoms with Crippen LogP contribution in [0.2, 0.25) is 0 Å². The number of fused-ring (bicyclic) bond motifs is 9. The van der Waals surface area contributed by atoms with Gasteiger partial charge in [0.1, 0.15) is 0 Å². The van der Waals surface area contributed by atoms with Gasteiger partial charge >= 0.3 is 0 Å². The number of ketones is 1. The van der Waals surface area contributed by atoms with Crippen LogP contribution in [0.15, 0.2) is 83.5 Å². The van der Waals surface area contributed by atoms with Crippen molar-refractivity contribution in [3.63, 3.8) is 0 Å². The highest BCUT2D eigenvalue weighted by atomic mass is 16.1. The summed E-state index contributed by atoms with van der Waals surface area (Å²) in [5.41, 5.74) is 11.6. The standard InChI is InChI=1S/C27H22O/c1-16-5-4-7-18-10-12-20-13-21-15-22-14-19(25(21)26(20)24(16)18)11-9-17-6-2-3-8-23(17)27(22)28/h2-8,10,12,14-15,24,26H,9,11,13H2,1H3. The summed E-state index contributed by atoms with van der Waals surface area (Å²) in [4.78, 5) is 13.2. The topological polar surface area (TPSA) is 17.1 Å². The summed E-state index contributed by atoms with van der Waals surface area (Å²) in [5.74, 6) is 1.06. The molecule has 136 valence electrons. The van der Waals surface area contributed by atoms with E-state index in [4.69, 9.17) is 0 Å². The van der Waals surface area contributed by atoms with Crippen molar-refractivity contribution in [2.24, 2.45) is 5.92 Å². The first kappa shape index (κ1) is 16.1. The third-order valence-electron chi connectivity index (χ3n) is 6.96. The van der Waals surface area contributed by atoms with E-state index in [1.54, 1.807) is 0 Å².